The predicted molar refractivity (Wildman–Crippen MR) is 74.2 cm³/mol. The molecule has 0 heterocycles. The van der Waals surface area contributed by atoms with Crippen LogP contribution in [0.3, 0.4) is 0 Å². The maximum atomic E-state index is 9.96. The standard InChI is InChI=1S/C15H18ClNO2/c16-13-6-5-12(9-17)15(8-13)19-10-14(18)7-11-3-1-2-4-11/h5-6,8,11,14,18H,1-4,7,10H2. The van der Waals surface area contributed by atoms with E-state index in [0.717, 1.165) is 6.42 Å². The van der Waals surface area contributed by atoms with Gasteiger partial charge in [-0.05, 0) is 24.5 Å². The largest absolute Gasteiger partial charge is 0.489 e. The zero-order valence-electron chi connectivity index (χ0n) is 10.8. The summed E-state index contributed by atoms with van der Waals surface area (Å²) in [5.41, 5.74) is 0.442. The van der Waals surface area contributed by atoms with E-state index in [4.69, 9.17) is 21.6 Å². The fraction of sp³-hybridized carbons (Fsp3) is 0.533. The van der Waals surface area contributed by atoms with Crippen LogP contribution in [0.25, 0.3) is 0 Å². The van der Waals surface area contributed by atoms with Crippen molar-refractivity contribution in [2.75, 3.05) is 6.61 Å². The van der Waals surface area contributed by atoms with Crippen molar-refractivity contribution in [3.63, 3.8) is 0 Å². The van der Waals surface area contributed by atoms with Gasteiger partial charge in [0.1, 0.15) is 18.4 Å². The third kappa shape index (κ3) is 4.12. The van der Waals surface area contributed by atoms with Crippen molar-refractivity contribution in [3.05, 3.63) is 28.8 Å². The number of benzene rings is 1. The van der Waals surface area contributed by atoms with Crippen LogP contribution >= 0.6 is 11.6 Å². The quantitative estimate of drug-likeness (QED) is 0.897. The summed E-state index contributed by atoms with van der Waals surface area (Å²) in [5.74, 6) is 1.06. The molecule has 1 aliphatic carbocycles. The highest BCUT2D eigenvalue weighted by Gasteiger charge is 2.19. The molecular formula is C15H18ClNO2. The lowest BCUT2D eigenvalue weighted by molar-refractivity contribution is 0.0854. The van der Waals surface area contributed by atoms with Crippen molar-refractivity contribution in [3.8, 4) is 11.8 Å². The number of aliphatic hydroxyl groups is 1. The molecule has 102 valence electrons. The molecule has 3 nitrogen and oxygen atoms in total. The van der Waals surface area contributed by atoms with E-state index in [0.29, 0.717) is 22.3 Å². The molecule has 1 unspecified atom stereocenters. The first-order valence-corrected chi connectivity index (χ1v) is 7.07. The molecule has 1 N–H and O–H groups in total. The van der Waals surface area contributed by atoms with Crippen LogP contribution < -0.4 is 4.74 Å². The van der Waals surface area contributed by atoms with Crippen LogP contribution in [-0.2, 0) is 0 Å². The van der Waals surface area contributed by atoms with Crippen LogP contribution in [0.5, 0.6) is 5.75 Å². The van der Waals surface area contributed by atoms with E-state index in [9.17, 15) is 5.11 Å². The second-order valence-corrected chi connectivity index (χ2v) is 5.54. The summed E-state index contributed by atoms with van der Waals surface area (Å²) in [5, 5.41) is 19.5. The fourth-order valence-electron chi connectivity index (χ4n) is 2.59. The summed E-state index contributed by atoms with van der Waals surface area (Å²) in [6, 6.07) is 6.95. The molecule has 0 amide bonds. The predicted octanol–water partition coefficient (Wildman–Crippen LogP) is 3.53. The maximum Gasteiger partial charge on any atom is 0.138 e. The van der Waals surface area contributed by atoms with Crippen LogP contribution in [0, 0.1) is 17.2 Å². The molecular weight excluding hydrogens is 262 g/mol. The van der Waals surface area contributed by atoms with Gasteiger partial charge in [-0.15, -0.1) is 0 Å². The number of hydrogen-bond acceptors (Lipinski definition) is 3. The molecule has 0 aromatic heterocycles. The summed E-state index contributed by atoms with van der Waals surface area (Å²) in [4.78, 5) is 0. The molecule has 1 aromatic carbocycles. The third-order valence-corrected chi connectivity index (χ3v) is 3.81. The van der Waals surface area contributed by atoms with Crippen molar-refractivity contribution in [1.29, 1.82) is 5.26 Å². The van der Waals surface area contributed by atoms with Gasteiger partial charge in [-0.25, -0.2) is 0 Å². The highest BCUT2D eigenvalue weighted by Crippen LogP contribution is 2.29. The summed E-state index contributed by atoms with van der Waals surface area (Å²) in [6.07, 6.45) is 5.25. The van der Waals surface area contributed by atoms with Gasteiger partial charge in [0.05, 0.1) is 11.7 Å². The monoisotopic (exact) mass is 279 g/mol. The average molecular weight is 280 g/mol. The van der Waals surface area contributed by atoms with Crippen LogP contribution in [0.1, 0.15) is 37.7 Å². The lowest BCUT2D eigenvalue weighted by atomic mass is 10.0. The van der Waals surface area contributed by atoms with Crippen molar-refractivity contribution < 1.29 is 9.84 Å². The molecule has 0 spiro atoms. The summed E-state index contributed by atoms with van der Waals surface area (Å²) in [7, 11) is 0. The lowest BCUT2D eigenvalue weighted by Crippen LogP contribution is -2.20. The van der Waals surface area contributed by atoms with Crippen molar-refractivity contribution in [1.82, 2.24) is 0 Å². The lowest BCUT2D eigenvalue weighted by Gasteiger charge is -2.16. The van der Waals surface area contributed by atoms with E-state index in [2.05, 4.69) is 6.07 Å². The number of nitriles is 1. The zero-order valence-corrected chi connectivity index (χ0v) is 11.6. The first-order chi connectivity index (χ1) is 9.19. The van der Waals surface area contributed by atoms with E-state index in [-0.39, 0.29) is 6.61 Å². The van der Waals surface area contributed by atoms with Gasteiger partial charge in [-0.3, -0.25) is 0 Å². The molecule has 19 heavy (non-hydrogen) atoms. The molecule has 1 fully saturated rings. The van der Waals surface area contributed by atoms with Gasteiger partial charge in [-0.2, -0.15) is 5.26 Å². The van der Waals surface area contributed by atoms with Crippen LogP contribution in [0.2, 0.25) is 5.02 Å². The number of aliphatic hydroxyl groups excluding tert-OH is 1. The van der Waals surface area contributed by atoms with Crippen LogP contribution in [0.15, 0.2) is 18.2 Å². The Morgan fingerprint density at radius 1 is 1.42 bits per heavy atom. The Morgan fingerprint density at radius 2 is 2.16 bits per heavy atom. The van der Waals surface area contributed by atoms with E-state index in [1.807, 2.05) is 0 Å². The fourth-order valence-corrected chi connectivity index (χ4v) is 2.75. The second-order valence-electron chi connectivity index (χ2n) is 5.10. The number of halogens is 1. The summed E-state index contributed by atoms with van der Waals surface area (Å²) < 4.78 is 5.52. The van der Waals surface area contributed by atoms with Gasteiger partial charge in [0.2, 0.25) is 0 Å². The van der Waals surface area contributed by atoms with Crippen molar-refractivity contribution in [2.45, 2.75) is 38.2 Å². The molecule has 1 atom stereocenters. The van der Waals surface area contributed by atoms with E-state index >= 15 is 0 Å². The van der Waals surface area contributed by atoms with Crippen LogP contribution in [-0.4, -0.2) is 17.8 Å². The number of rotatable bonds is 5. The smallest absolute Gasteiger partial charge is 0.138 e. The molecule has 0 radical (unpaired) electrons. The minimum atomic E-state index is -0.478. The van der Waals surface area contributed by atoms with Crippen LogP contribution in [0.4, 0.5) is 0 Å². The normalized spacial score (nSPS) is 17.1. The first-order valence-electron chi connectivity index (χ1n) is 6.69. The topological polar surface area (TPSA) is 53.2 Å². The molecule has 0 saturated heterocycles. The minimum Gasteiger partial charge on any atom is -0.489 e. The van der Waals surface area contributed by atoms with Crippen molar-refractivity contribution >= 4 is 11.6 Å². The Kier molecular flexibility index (Phi) is 5.07. The molecule has 1 saturated carbocycles. The Labute approximate surface area is 118 Å². The summed E-state index contributed by atoms with van der Waals surface area (Å²) in [6.45, 7) is 0.214. The third-order valence-electron chi connectivity index (χ3n) is 3.58. The highest BCUT2D eigenvalue weighted by atomic mass is 35.5. The van der Waals surface area contributed by atoms with Gasteiger partial charge < -0.3 is 9.84 Å². The Hall–Kier alpha value is -1.24. The van der Waals surface area contributed by atoms with Gasteiger partial charge >= 0.3 is 0 Å². The Balaban J connectivity index is 1.87. The molecule has 1 aromatic rings. The van der Waals surface area contributed by atoms with Gasteiger partial charge in [0.25, 0.3) is 0 Å². The van der Waals surface area contributed by atoms with E-state index < -0.39 is 6.10 Å². The molecule has 2 rings (SSSR count). The first kappa shape index (κ1) is 14.2. The van der Waals surface area contributed by atoms with E-state index in [1.165, 1.54) is 25.7 Å². The van der Waals surface area contributed by atoms with Crippen molar-refractivity contribution in [2.24, 2.45) is 5.92 Å². The van der Waals surface area contributed by atoms with Gasteiger partial charge in [0, 0.05) is 11.1 Å². The zero-order chi connectivity index (χ0) is 13.7. The van der Waals surface area contributed by atoms with Gasteiger partial charge in [0.15, 0.2) is 0 Å². The molecule has 1 aliphatic rings. The van der Waals surface area contributed by atoms with Gasteiger partial charge in [-0.1, -0.05) is 37.3 Å². The minimum absolute atomic E-state index is 0.214. The summed E-state index contributed by atoms with van der Waals surface area (Å²) >= 11 is 5.87. The number of nitrogens with zero attached hydrogens (tertiary/aromatic N) is 1. The molecule has 4 heteroatoms. The number of hydrogen-bond donors (Lipinski definition) is 1. The SMILES string of the molecule is N#Cc1ccc(Cl)cc1OCC(O)CC1CCCC1. The molecule has 0 aliphatic heterocycles. The maximum absolute atomic E-state index is 9.96. The number of ether oxygens (including phenoxy) is 1. The highest BCUT2D eigenvalue weighted by molar-refractivity contribution is 6.30. The second kappa shape index (κ2) is 6.79. The van der Waals surface area contributed by atoms with E-state index in [1.54, 1.807) is 18.2 Å². The molecule has 0 bridgehead atoms. The average Bonchev–Trinajstić information content (AvgIpc) is 2.89. The Bertz CT molecular complexity index is 464. The Morgan fingerprint density at radius 3 is 2.84 bits per heavy atom.